The van der Waals surface area contributed by atoms with Crippen LogP contribution in [0.25, 0.3) is 0 Å². The second kappa shape index (κ2) is 5.86. The Balaban J connectivity index is 2.00. The Morgan fingerprint density at radius 1 is 1.47 bits per heavy atom. The highest BCUT2D eigenvalue weighted by atomic mass is 16.4. The predicted octanol–water partition coefficient (Wildman–Crippen LogP) is 1.60. The van der Waals surface area contributed by atoms with Crippen molar-refractivity contribution >= 4 is 17.7 Å². The summed E-state index contributed by atoms with van der Waals surface area (Å²) in [5.74, 6) is 0.481. The largest absolute Gasteiger partial charge is 0.481 e. The van der Waals surface area contributed by atoms with Gasteiger partial charge in [0, 0.05) is 26.3 Å². The minimum Gasteiger partial charge on any atom is -0.481 e. The summed E-state index contributed by atoms with van der Waals surface area (Å²) >= 11 is 0. The SMILES string of the molecule is CN(C)c1nccc(NC2CCCC(C(=O)O)C2)n1. The number of carbonyl (C=O) groups is 1. The first-order valence-electron chi connectivity index (χ1n) is 6.56. The third kappa shape index (κ3) is 3.56. The maximum atomic E-state index is 11.0. The summed E-state index contributed by atoms with van der Waals surface area (Å²) in [6.45, 7) is 0. The standard InChI is InChI=1S/C13H20N4O2/c1-17(2)13-14-7-6-11(16-13)15-10-5-3-4-9(8-10)12(18)19/h6-7,9-10H,3-5,8H2,1-2H3,(H,18,19)(H,14,15,16). The third-order valence-corrected chi connectivity index (χ3v) is 3.42. The van der Waals surface area contributed by atoms with Crippen LogP contribution in [-0.2, 0) is 4.79 Å². The lowest BCUT2D eigenvalue weighted by molar-refractivity contribution is -0.142. The number of aromatic nitrogens is 2. The average molecular weight is 264 g/mol. The molecule has 1 aromatic heterocycles. The lowest BCUT2D eigenvalue weighted by Crippen LogP contribution is -2.31. The first-order valence-corrected chi connectivity index (χ1v) is 6.56. The van der Waals surface area contributed by atoms with Gasteiger partial charge in [-0.2, -0.15) is 4.98 Å². The molecule has 1 saturated carbocycles. The van der Waals surface area contributed by atoms with Gasteiger partial charge in [0.15, 0.2) is 0 Å². The second-order valence-electron chi connectivity index (χ2n) is 5.18. The van der Waals surface area contributed by atoms with Crippen LogP contribution in [0.4, 0.5) is 11.8 Å². The van der Waals surface area contributed by atoms with Crippen molar-refractivity contribution in [2.24, 2.45) is 5.92 Å². The Morgan fingerprint density at radius 2 is 2.26 bits per heavy atom. The molecular weight excluding hydrogens is 244 g/mol. The van der Waals surface area contributed by atoms with Gasteiger partial charge < -0.3 is 15.3 Å². The number of aliphatic carboxylic acids is 1. The minimum atomic E-state index is -0.692. The number of rotatable bonds is 4. The molecule has 104 valence electrons. The molecule has 1 aromatic rings. The van der Waals surface area contributed by atoms with Crippen LogP contribution in [0.5, 0.6) is 0 Å². The maximum absolute atomic E-state index is 11.0. The number of hydrogen-bond donors (Lipinski definition) is 2. The number of carboxylic acids is 1. The number of carboxylic acid groups (broad SMARTS) is 1. The summed E-state index contributed by atoms with van der Waals surface area (Å²) in [6, 6.07) is 2.00. The lowest BCUT2D eigenvalue weighted by atomic mass is 9.86. The summed E-state index contributed by atoms with van der Waals surface area (Å²) in [7, 11) is 3.78. The zero-order chi connectivity index (χ0) is 13.8. The van der Waals surface area contributed by atoms with E-state index in [4.69, 9.17) is 5.11 Å². The molecular formula is C13H20N4O2. The second-order valence-corrected chi connectivity index (χ2v) is 5.18. The van der Waals surface area contributed by atoms with Crippen LogP contribution in [0, 0.1) is 5.92 Å². The first kappa shape index (κ1) is 13.6. The highest BCUT2D eigenvalue weighted by Crippen LogP contribution is 2.26. The van der Waals surface area contributed by atoms with Crippen molar-refractivity contribution in [2.75, 3.05) is 24.3 Å². The Labute approximate surface area is 112 Å². The fraction of sp³-hybridized carbons (Fsp3) is 0.615. The quantitative estimate of drug-likeness (QED) is 0.860. The molecule has 0 bridgehead atoms. The van der Waals surface area contributed by atoms with Crippen molar-refractivity contribution in [3.05, 3.63) is 12.3 Å². The van der Waals surface area contributed by atoms with Crippen LogP contribution in [0.2, 0.25) is 0 Å². The van der Waals surface area contributed by atoms with E-state index in [1.165, 1.54) is 0 Å². The van der Waals surface area contributed by atoms with E-state index in [9.17, 15) is 4.79 Å². The van der Waals surface area contributed by atoms with E-state index in [1.807, 2.05) is 25.1 Å². The topological polar surface area (TPSA) is 78.4 Å². The highest BCUT2D eigenvalue weighted by Gasteiger charge is 2.27. The van der Waals surface area contributed by atoms with Crippen molar-refractivity contribution < 1.29 is 9.90 Å². The molecule has 2 unspecified atom stereocenters. The molecule has 6 nitrogen and oxygen atoms in total. The van der Waals surface area contributed by atoms with Gasteiger partial charge in [0.05, 0.1) is 5.92 Å². The molecule has 0 spiro atoms. The van der Waals surface area contributed by atoms with Crippen molar-refractivity contribution in [1.82, 2.24) is 9.97 Å². The maximum Gasteiger partial charge on any atom is 0.306 e. The summed E-state index contributed by atoms with van der Waals surface area (Å²) in [4.78, 5) is 21.4. The highest BCUT2D eigenvalue weighted by molar-refractivity contribution is 5.70. The van der Waals surface area contributed by atoms with Gasteiger partial charge in [-0.15, -0.1) is 0 Å². The van der Waals surface area contributed by atoms with E-state index < -0.39 is 5.97 Å². The Kier molecular flexibility index (Phi) is 4.19. The molecule has 0 aromatic carbocycles. The summed E-state index contributed by atoms with van der Waals surface area (Å²) in [5, 5.41) is 12.4. The number of nitrogens with one attached hydrogen (secondary N) is 1. The summed E-state index contributed by atoms with van der Waals surface area (Å²) < 4.78 is 0. The van der Waals surface area contributed by atoms with Gasteiger partial charge in [0.2, 0.25) is 5.95 Å². The minimum absolute atomic E-state index is 0.180. The molecule has 6 heteroatoms. The van der Waals surface area contributed by atoms with Crippen LogP contribution in [0.15, 0.2) is 12.3 Å². The summed E-state index contributed by atoms with van der Waals surface area (Å²) in [6.07, 6.45) is 5.09. The van der Waals surface area contributed by atoms with Crippen LogP contribution in [0.1, 0.15) is 25.7 Å². The summed E-state index contributed by atoms with van der Waals surface area (Å²) in [5.41, 5.74) is 0. The normalized spacial score (nSPS) is 22.8. The van der Waals surface area contributed by atoms with Gasteiger partial charge >= 0.3 is 5.97 Å². The molecule has 1 fully saturated rings. The van der Waals surface area contributed by atoms with E-state index in [1.54, 1.807) is 6.20 Å². The van der Waals surface area contributed by atoms with Gasteiger partial charge in [-0.05, 0) is 25.3 Å². The van der Waals surface area contributed by atoms with Crippen molar-refractivity contribution in [1.29, 1.82) is 0 Å². The van der Waals surface area contributed by atoms with E-state index in [2.05, 4.69) is 15.3 Å². The van der Waals surface area contributed by atoms with E-state index in [0.29, 0.717) is 12.4 Å². The molecule has 1 aliphatic carbocycles. The average Bonchev–Trinajstić information content (AvgIpc) is 2.39. The molecule has 2 atom stereocenters. The van der Waals surface area contributed by atoms with Crippen molar-refractivity contribution in [3.8, 4) is 0 Å². The number of anilines is 2. The molecule has 0 amide bonds. The fourth-order valence-corrected chi connectivity index (χ4v) is 2.40. The van der Waals surface area contributed by atoms with Crippen molar-refractivity contribution in [3.63, 3.8) is 0 Å². The monoisotopic (exact) mass is 264 g/mol. The van der Waals surface area contributed by atoms with Gasteiger partial charge in [-0.25, -0.2) is 4.98 Å². The molecule has 0 radical (unpaired) electrons. The molecule has 2 N–H and O–H groups in total. The van der Waals surface area contributed by atoms with Gasteiger partial charge in [-0.1, -0.05) is 6.42 Å². The molecule has 2 rings (SSSR count). The smallest absolute Gasteiger partial charge is 0.306 e. The molecule has 0 saturated heterocycles. The lowest BCUT2D eigenvalue weighted by Gasteiger charge is -2.27. The fourth-order valence-electron chi connectivity index (χ4n) is 2.40. The van der Waals surface area contributed by atoms with Crippen LogP contribution in [0.3, 0.4) is 0 Å². The Morgan fingerprint density at radius 3 is 2.95 bits per heavy atom. The van der Waals surface area contributed by atoms with Gasteiger partial charge in [-0.3, -0.25) is 4.79 Å². The molecule has 1 heterocycles. The van der Waals surface area contributed by atoms with Crippen LogP contribution in [-0.4, -0.2) is 41.2 Å². The van der Waals surface area contributed by atoms with E-state index in [0.717, 1.165) is 25.1 Å². The van der Waals surface area contributed by atoms with Crippen LogP contribution < -0.4 is 10.2 Å². The van der Waals surface area contributed by atoms with Crippen molar-refractivity contribution in [2.45, 2.75) is 31.7 Å². The number of hydrogen-bond acceptors (Lipinski definition) is 5. The van der Waals surface area contributed by atoms with E-state index in [-0.39, 0.29) is 12.0 Å². The molecule has 1 aliphatic rings. The zero-order valence-corrected chi connectivity index (χ0v) is 11.3. The predicted molar refractivity (Wildman–Crippen MR) is 73.4 cm³/mol. The Hall–Kier alpha value is -1.85. The zero-order valence-electron chi connectivity index (χ0n) is 11.3. The van der Waals surface area contributed by atoms with Gasteiger partial charge in [0.1, 0.15) is 5.82 Å². The Bertz CT molecular complexity index is 450. The van der Waals surface area contributed by atoms with Gasteiger partial charge in [0.25, 0.3) is 0 Å². The van der Waals surface area contributed by atoms with Crippen LogP contribution >= 0.6 is 0 Å². The molecule has 0 aliphatic heterocycles. The first-order chi connectivity index (χ1) is 9.06. The van der Waals surface area contributed by atoms with E-state index >= 15 is 0 Å². The number of nitrogens with zero attached hydrogens (tertiary/aromatic N) is 3. The third-order valence-electron chi connectivity index (χ3n) is 3.42. The molecule has 19 heavy (non-hydrogen) atoms.